The summed E-state index contributed by atoms with van der Waals surface area (Å²) in [5.41, 5.74) is 4.44. The molecule has 4 fully saturated rings. The molecular formula is C16H27NO4. The van der Waals surface area contributed by atoms with Crippen molar-refractivity contribution in [3.8, 4) is 0 Å². The van der Waals surface area contributed by atoms with Gasteiger partial charge >= 0.3 is 6.09 Å². The second-order valence-corrected chi connectivity index (χ2v) is 7.85. The first-order valence-corrected chi connectivity index (χ1v) is 8.17. The number of hydrogen-bond donors (Lipinski definition) is 2. The lowest BCUT2D eigenvalue weighted by Crippen LogP contribution is -2.33. The Morgan fingerprint density at radius 3 is 2.33 bits per heavy atom. The molecule has 3 N–H and O–H groups in total. The van der Waals surface area contributed by atoms with Crippen molar-refractivity contribution in [3.05, 3.63) is 0 Å². The molecule has 0 aromatic carbocycles. The van der Waals surface area contributed by atoms with Crippen LogP contribution in [0.4, 0.5) is 4.79 Å². The van der Waals surface area contributed by atoms with Crippen molar-refractivity contribution in [3.63, 3.8) is 0 Å². The van der Waals surface area contributed by atoms with Crippen molar-refractivity contribution in [1.29, 1.82) is 0 Å². The predicted octanol–water partition coefficient (Wildman–Crippen LogP) is 3.47. The highest BCUT2D eigenvalue weighted by molar-refractivity contribution is 5.61. The molecule has 2 saturated carbocycles. The lowest BCUT2D eigenvalue weighted by Gasteiger charge is -2.38. The molecule has 5 heteroatoms. The molecule has 0 aromatic heterocycles. The smallest absolute Gasteiger partial charge is 0.402 e. The van der Waals surface area contributed by atoms with E-state index in [1.54, 1.807) is 0 Å². The van der Waals surface area contributed by atoms with Crippen LogP contribution >= 0.6 is 0 Å². The van der Waals surface area contributed by atoms with Crippen molar-refractivity contribution in [2.24, 2.45) is 23.0 Å². The second-order valence-electron chi connectivity index (χ2n) is 7.85. The minimum atomic E-state index is -1.33. The van der Waals surface area contributed by atoms with E-state index in [1.807, 2.05) is 0 Å². The molecule has 2 aliphatic heterocycles. The fraction of sp³-hybridized carbons (Fsp3) is 0.938. The zero-order chi connectivity index (χ0) is 15.3. The van der Waals surface area contributed by atoms with E-state index in [1.165, 1.54) is 38.5 Å². The van der Waals surface area contributed by atoms with Gasteiger partial charge in [0.1, 0.15) is 0 Å². The van der Waals surface area contributed by atoms with E-state index < -0.39 is 6.09 Å². The number of primary amides is 1. The summed E-state index contributed by atoms with van der Waals surface area (Å²) in [6.07, 6.45) is 9.67. The van der Waals surface area contributed by atoms with E-state index in [0.29, 0.717) is 5.41 Å². The third kappa shape index (κ3) is 2.78. The minimum absolute atomic E-state index is 0.0815. The number of epoxide rings is 2. The predicted molar refractivity (Wildman–Crippen MR) is 77.5 cm³/mol. The van der Waals surface area contributed by atoms with Gasteiger partial charge in [0, 0.05) is 12.8 Å². The number of nitrogens with two attached hydrogens (primary N) is 1. The maximum absolute atomic E-state index is 8.78. The summed E-state index contributed by atoms with van der Waals surface area (Å²) in [6.45, 7) is 4.84. The molecule has 4 rings (SSSR count). The van der Waals surface area contributed by atoms with Crippen molar-refractivity contribution in [1.82, 2.24) is 0 Å². The van der Waals surface area contributed by atoms with Crippen LogP contribution in [-0.2, 0) is 9.47 Å². The Hall–Kier alpha value is -0.810. The van der Waals surface area contributed by atoms with Gasteiger partial charge in [0.2, 0.25) is 11.6 Å². The van der Waals surface area contributed by atoms with Crippen LogP contribution in [0, 0.1) is 17.3 Å². The van der Waals surface area contributed by atoms with Gasteiger partial charge in [-0.25, -0.2) is 4.79 Å². The standard InChI is InChI=1S/C15H24O2.CH3NO2/c1-13(2)10-15-14(16-15,17-15)9-12(13)8-11-6-4-3-5-7-11;2-1(3)4/h11-12H,3-10H2,1-2H3;2H2,(H,3,4). The quantitative estimate of drug-likeness (QED) is 0.764. The third-order valence-electron chi connectivity index (χ3n) is 5.81. The zero-order valence-corrected chi connectivity index (χ0v) is 13.1. The molecule has 0 aromatic rings. The monoisotopic (exact) mass is 297 g/mol. The summed E-state index contributed by atoms with van der Waals surface area (Å²) in [4.78, 5) is 8.78. The van der Waals surface area contributed by atoms with Crippen LogP contribution in [0.15, 0.2) is 0 Å². The molecule has 21 heavy (non-hydrogen) atoms. The first-order chi connectivity index (χ1) is 9.79. The number of hydrogen-bond acceptors (Lipinski definition) is 3. The highest BCUT2D eigenvalue weighted by atomic mass is 17.0. The van der Waals surface area contributed by atoms with Crippen molar-refractivity contribution < 1.29 is 19.4 Å². The van der Waals surface area contributed by atoms with Crippen LogP contribution in [0.5, 0.6) is 0 Å². The highest BCUT2D eigenvalue weighted by Crippen LogP contribution is 2.78. The number of ether oxygens (including phenoxy) is 2. The van der Waals surface area contributed by atoms with E-state index in [0.717, 1.165) is 24.7 Å². The Bertz CT molecular complexity index is 418. The summed E-state index contributed by atoms with van der Waals surface area (Å²) < 4.78 is 11.5. The Kier molecular flexibility index (Phi) is 3.49. The van der Waals surface area contributed by atoms with Crippen LogP contribution in [-0.4, -0.2) is 22.8 Å². The Morgan fingerprint density at radius 2 is 1.76 bits per heavy atom. The van der Waals surface area contributed by atoms with Gasteiger partial charge in [-0.3, -0.25) is 0 Å². The first-order valence-electron chi connectivity index (χ1n) is 8.17. The van der Waals surface area contributed by atoms with E-state index in [-0.39, 0.29) is 11.6 Å². The molecule has 1 atom stereocenters. The van der Waals surface area contributed by atoms with Crippen molar-refractivity contribution >= 4 is 6.09 Å². The van der Waals surface area contributed by atoms with Gasteiger partial charge in [-0.15, -0.1) is 0 Å². The van der Waals surface area contributed by atoms with Gasteiger partial charge in [0.15, 0.2) is 0 Å². The summed E-state index contributed by atoms with van der Waals surface area (Å²) >= 11 is 0. The number of amides is 1. The van der Waals surface area contributed by atoms with Crippen molar-refractivity contribution in [2.75, 3.05) is 0 Å². The van der Waals surface area contributed by atoms with Gasteiger partial charge in [-0.05, 0) is 23.7 Å². The summed E-state index contributed by atoms with van der Waals surface area (Å²) in [5, 5.41) is 7.19. The minimum Gasteiger partial charge on any atom is -0.465 e. The molecule has 2 aliphatic carbocycles. The van der Waals surface area contributed by atoms with Crippen LogP contribution in [0.25, 0.3) is 0 Å². The van der Waals surface area contributed by atoms with E-state index in [4.69, 9.17) is 19.4 Å². The molecule has 0 radical (unpaired) electrons. The molecule has 1 unspecified atom stereocenters. The topological polar surface area (TPSA) is 88.4 Å². The van der Waals surface area contributed by atoms with Crippen LogP contribution in [0.3, 0.4) is 0 Å². The van der Waals surface area contributed by atoms with Gasteiger partial charge in [-0.2, -0.15) is 0 Å². The van der Waals surface area contributed by atoms with E-state index in [2.05, 4.69) is 19.6 Å². The Labute approximate surface area is 126 Å². The van der Waals surface area contributed by atoms with Crippen LogP contribution in [0.2, 0.25) is 0 Å². The van der Waals surface area contributed by atoms with Crippen LogP contribution in [0.1, 0.15) is 65.2 Å². The Morgan fingerprint density at radius 1 is 1.19 bits per heavy atom. The summed E-state index contributed by atoms with van der Waals surface area (Å²) in [6, 6.07) is 0. The summed E-state index contributed by atoms with van der Waals surface area (Å²) in [7, 11) is 0. The number of carbonyl (C=O) groups is 1. The largest absolute Gasteiger partial charge is 0.465 e. The summed E-state index contributed by atoms with van der Waals surface area (Å²) in [5.74, 6) is 1.61. The van der Waals surface area contributed by atoms with Gasteiger partial charge < -0.3 is 20.3 Å². The van der Waals surface area contributed by atoms with E-state index >= 15 is 0 Å². The van der Waals surface area contributed by atoms with Crippen LogP contribution < -0.4 is 5.73 Å². The first kappa shape index (κ1) is 15.1. The maximum atomic E-state index is 8.78. The Balaban J connectivity index is 0.000000298. The molecular weight excluding hydrogens is 270 g/mol. The average molecular weight is 297 g/mol. The average Bonchev–Trinajstić information content (AvgIpc) is 3.14. The maximum Gasteiger partial charge on any atom is 0.402 e. The lowest BCUT2D eigenvalue weighted by molar-refractivity contribution is -0.0960. The third-order valence-corrected chi connectivity index (χ3v) is 5.81. The molecule has 0 spiro atoms. The van der Waals surface area contributed by atoms with E-state index in [9.17, 15) is 0 Å². The number of carboxylic acid groups (broad SMARTS) is 1. The fourth-order valence-corrected chi connectivity index (χ4v) is 4.51. The molecule has 2 saturated heterocycles. The lowest BCUT2D eigenvalue weighted by atomic mass is 9.65. The molecule has 0 bridgehead atoms. The molecule has 2 heterocycles. The molecule has 5 nitrogen and oxygen atoms in total. The number of rotatable bonds is 2. The van der Waals surface area contributed by atoms with Gasteiger partial charge in [0.25, 0.3) is 0 Å². The molecule has 1 amide bonds. The molecule has 4 aliphatic rings. The van der Waals surface area contributed by atoms with Gasteiger partial charge in [-0.1, -0.05) is 46.0 Å². The normalized spacial score (nSPS) is 42.9. The van der Waals surface area contributed by atoms with Gasteiger partial charge in [0.05, 0.1) is 0 Å². The zero-order valence-electron chi connectivity index (χ0n) is 13.1. The fourth-order valence-electron chi connectivity index (χ4n) is 4.51. The SMILES string of the molecule is CC1(C)CC23OC2(CC1CC1CCCCC1)O3.NC(=O)O. The second kappa shape index (κ2) is 4.85. The highest BCUT2D eigenvalue weighted by Gasteiger charge is 2.93. The van der Waals surface area contributed by atoms with Crippen molar-refractivity contribution in [2.45, 2.75) is 76.8 Å². The molecule has 120 valence electrons.